The number of ether oxygens (including phenoxy) is 1. The SMILES string of the molecule is CSc1ccc(Oc2ccc(CNC(C)C)c(C)n2)cc1. The second-order valence-corrected chi connectivity index (χ2v) is 6.09. The highest BCUT2D eigenvalue weighted by Gasteiger charge is 2.05. The first-order chi connectivity index (χ1) is 10.1. The minimum atomic E-state index is 0.468. The number of aromatic nitrogens is 1. The highest BCUT2D eigenvalue weighted by molar-refractivity contribution is 7.98. The van der Waals surface area contributed by atoms with E-state index in [-0.39, 0.29) is 0 Å². The molecule has 1 N–H and O–H groups in total. The Balaban J connectivity index is 2.05. The highest BCUT2D eigenvalue weighted by atomic mass is 32.2. The lowest BCUT2D eigenvalue weighted by atomic mass is 10.2. The number of nitrogens with one attached hydrogen (secondary N) is 1. The summed E-state index contributed by atoms with van der Waals surface area (Å²) in [6.45, 7) is 7.12. The van der Waals surface area contributed by atoms with Gasteiger partial charge < -0.3 is 10.1 Å². The van der Waals surface area contributed by atoms with Gasteiger partial charge in [-0.2, -0.15) is 0 Å². The molecule has 0 unspecified atom stereocenters. The molecule has 1 aromatic carbocycles. The number of nitrogens with zero attached hydrogens (tertiary/aromatic N) is 1. The van der Waals surface area contributed by atoms with E-state index in [2.05, 4.69) is 36.5 Å². The number of pyridine rings is 1. The molecule has 1 heterocycles. The van der Waals surface area contributed by atoms with Crippen LogP contribution in [0, 0.1) is 6.92 Å². The van der Waals surface area contributed by atoms with Gasteiger partial charge in [-0.25, -0.2) is 4.98 Å². The zero-order valence-electron chi connectivity index (χ0n) is 13.0. The summed E-state index contributed by atoms with van der Waals surface area (Å²) in [7, 11) is 0. The van der Waals surface area contributed by atoms with Crippen LogP contribution in [0.3, 0.4) is 0 Å². The van der Waals surface area contributed by atoms with Crippen molar-refractivity contribution in [1.29, 1.82) is 0 Å². The number of aryl methyl sites for hydroxylation is 1. The molecule has 0 amide bonds. The van der Waals surface area contributed by atoms with Crippen LogP contribution in [0.1, 0.15) is 25.1 Å². The maximum Gasteiger partial charge on any atom is 0.219 e. The minimum absolute atomic E-state index is 0.468. The van der Waals surface area contributed by atoms with Gasteiger partial charge in [0.1, 0.15) is 5.75 Å². The zero-order chi connectivity index (χ0) is 15.2. The van der Waals surface area contributed by atoms with E-state index in [1.807, 2.05) is 37.3 Å². The normalized spacial score (nSPS) is 10.9. The molecule has 0 bridgehead atoms. The lowest BCUT2D eigenvalue weighted by molar-refractivity contribution is 0.460. The first-order valence-electron chi connectivity index (χ1n) is 7.10. The Morgan fingerprint density at radius 2 is 1.86 bits per heavy atom. The Morgan fingerprint density at radius 1 is 1.14 bits per heavy atom. The molecule has 0 radical (unpaired) electrons. The van der Waals surface area contributed by atoms with Crippen molar-refractivity contribution < 1.29 is 4.74 Å². The molecule has 112 valence electrons. The first-order valence-corrected chi connectivity index (χ1v) is 8.33. The zero-order valence-corrected chi connectivity index (χ0v) is 13.8. The van der Waals surface area contributed by atoms with Crippen LogP contribution in [-0.4, -0.2) is 17.3 Å². The summed E-state index contributed by atoms with van der Waals surface area (Å²) in [4.78, 5) is 5.75. The van der Waals surface area contributed by atoms with E-state index in [4.69, 9.17) is 4.74 Å². The van der Waals surface area contributed by atoms with E-state index in [1.165, 1.54) is 10.5 Å². The monoisotopic (exact) mass is 302 g/mol. The molecular weight excluding hydrogens is 280 g/mol. The van der Waals surface area contributed by atoms with E-state index in [9.17, 15) is 0 Å². The van der Waals surface area contributed by atoms with Crippen molar-refractivity contribution in [3.05, 3.63) is 47.7 Å². The number of rotatable bonds is 6. The largest absolute Gasteiger partial charge is 0.439 e. The number of hydrogen-bond donors (Lipinski definition) is 1. The van der Waals surface area contributed by atoms with Gasteiger partial charge >= 0.3 is 0 Å². The Labute approximate surface area is 131 Å². The number of thioether (sulfide) groups is 1. The van der Waals surface area contributed by atoms with Gasteiger partial charge in [-0.1, -0.05) is 19.9 Å². The topological polar surface area (TPSA) is 34.1 Å². The van der Waals surface area contributed by atoms with Crippen molar-refractivity contribution in [2.75, 3.05) is 6.26 Å². The highest BCUT2D eigenvalue weighted by Crippen LogP contribution is 2.23. The minimum Gasteiger partial charge on any atom is -0.439 e. The van der Waals surface area contributed by atoms with E-state index < -0.39 is 0 Å². The third-order valence-electron chi connectivity index (χ3n) is 3.15. The van der Waals surface area contributed by atoms with Crippen LogP contribution in [0.25, 0.3) is 0 Å². The lowest BCUT2D eigenvalue weighted by Gasteiger charge is -2.11. The number of benzene rings is 1. The molecular formula is C17H22N2OS. The van der Waals surface area contributed by atoms with Crippen LogP contribution in [-0.2, 0) is 6.54 Å². The van der Waals surface area contributed by atoms with Crippen LogP contribution < -0.4 is 10.1 Å². The van der Waals surface area contributed by atoms with Crippen molar-refractivity contribution in [3.63, 3.8) is 0 Å². The first kappa shape index (κ1) is 15.9. The predicted octanol–water partition coefficient (Wildman–Crippen LogP) is 4.40. The van der Waals surface area contributed by atoms with E-state index in [0.717, 1.165) is 18.0 Å². The molecule has 0 saturated carbocycles. The predicted molar refractivity (Wildman–Crippen MR) is 89.2 cm³/mol. The molecule has 0 spiro atoms. The summed E-state index contributed by atoms with van der Waals surface area (Å²) >= 11 is 1.72. The molecule has 0 fully saturated rings. The molecule has 2 rings (SSSR count). The fraction of sp³-hybridized carbons (Fsp3) is 0.353. The van der Waals surface area contributed by atoms with Gasteiger partial charge in [0.05, 0.1) is 0 Å². The fourth-order valence-electron chi connectivity index (χ4n) is 1.89. The van der Waals surface area contributed by atoms with Crippen molar-refractivity contribution in [3.8, 4) is 11.6 Å². The van der Waals surface area contributed by atoms with E-state index >= 15 is 0 Å². The average molecular weight is 302 g/mol. The molecule has 0 saturated heterocycles. The average Bonchev–Trinajstić information content (AvgIpc) is 2.47. The summed E-state index contributed by atoms with van der Waals surface area (Å²) in [5, 5.41) is 3.40. The maximum atomic E-state index is 5.80. The molecule has 2 aromatic rings. The summed E-state index contributed by atoms with van der Waals surface area (Å²) in [6.07, 6.45) is 2.06. The van der Waals surface area contributed by atoms with Gasteiger partial charge in [0, 0.05) is 29.2 Å². The van der Waals surface area contributed by atoms with Gasteiger partial charge in [0.25, 0.3) is 0 Å². The van der Waals surface area contributed by atoms with Crippen LogP contribution in [0.5, 0.6) is 11.6 Å². The third-order valence-corrected chi connectivity index (χ3v) is 3.90. The van der Waals surface area contributed by atoms with Crippen molar-refractivity contribution >= 4 is 11.8 Å². The lowest BCUT2D eigenvalue weighted by Crippen LogP contribution is -2.22. The van der Waals surface area contributed by atoms with E-state index in [1.54, 1.807) is 11.8 Å². The summed E-state index contributed by atoms with van der Waals surface area (Å²) < 4.78 is 5.80. The Bertz CT molecular complexity index is 582. The van der Waals surface area contributed by atoms with Crippen molar-refractivity contribution in [2.24, 2.45) is 0 Å². The third kappa shape index (κ3) is 4.76. The van der Waals surface area contributed by atoms with Crippen LogP contribution >= 0.6 is 11.8 Å². The molecule has 21 heavy (non-hydrogen) atoms. The molecule has 1 aromatic heterocycles. The van der Waals surface area contributed by atoms with E-state index in [0.29, 0.717) is 11.9 Å². The van der Waals surface area contributed by atoms with Gasteiger partial charge in [-0.15, -0.1) is 11.8 Å². The molecule has 0 aliphatic rings. The Kier molecular flexibility index (Phi) is 5.65. The van der Waals surface area contributed by atoms with Crippen molar-refractivity contribution in [1.82, 2.24) is 10.3 Å². The van der Waals surface area contributed by atoms with Crippen LogP contribution in [0.4, 0.5) is 0 Å². The Morgan fingerprint density at radius 3 is 2.43 bits per heavy atom. The smallest absolute Gasteiger partial charge is 0.219 e. The second-order valence-electron chi connectivity index (χ2n) is 5.21. The number of hydrogen-bond acceptors (Lipinski definition) is 4. The molecule has 4 heteroatoms. The van der Waals surface area contributed by atoms with Gasteiger partial charge in [-0.05, 0) is 43.0 Å². The summed E-state index contributed by atoms with van der Waals surface area (Å²) in [5.41, 5.74) is 2.20. The van der Waals surface area contributed by atoms with Gasteiger partial charge in [0.15, 0.2) is 0 Å². The van der Waals surface area contributed by atoms with Crippen molar-refractivity contribution in [2.45, 2.75) is 38.3 Å². The second kappa shape index (κ2) is 7.48. The van der Waals surface area contributed by atoms with Crippen LogP contribution in [0.2, 0.25) is 0 Å². The quantitative estimate of drug-likeness (QED) is 0.802. The Hall–Kier alpha value is -1.52. The molecule has 0 aliphatic carbocycles. The standard InChI is InChI=1S/C17H22N2OS/c1-12(2)18-11-14-5-10-17(19-13(14)3)20-15-6-8-16(21-4)9-7-15/h5-10,12,18H,11H2,1-4H3. The summed E-state index contributed by atoms with van der Waals surface area (Å²) in [5.74, 6) is 1.45. The molecule has 0 aliphatic heterocycles. The van der Waals surface area contributed by atoms with Crippen LogP contribution in [0.15, 0.2) is 41.3 Å². The molecule has 3 nitrogen and oxygen atoms in total. The summed E-state index contributed by atoms with van der Waals surface area (Å²) in [6, 6.07) is 12.5. The molecule has 0 atom stereocenters. The fourth-order valence-corrected chi connectivity index (χ4v) is 2.30. The van der Waals surface area contributed by atoms with Gasteiger partial charge in [0.2, 0.25) is 5.88 Å². The maximum absolute atomic E-state index is 5.80. The van der Waals surface area contributed by atoms with Gasteiger partial charge in [-0.3, -0.25) is 0 Å².